The Morgan fingerprint density at radius 1 is 0.818 bits per heavy atom. The molecule has 7 nitrogen and oxygen atoms in total. The van der Waals surface area contributed by atoms with Gasteiger partial charge in [0.15, 0.2) is 0 Å². The zero-order valence-electron chi connectivity index (χ0n) is 27.1. The number of carbonyl (C=O) groups is 3. The molecule has 7 heteroatoms. The molecule has 0 aliphatic heterocycles. The minimum Gasteiger partial charge on any atom is -0.480 e. The molecule has 1 rings (SSSR count). The summed E-state index contributed by atoms with van der Waals surface area (Å²) in [6.45, 7) is 6.63. The molecule has 0 bridgehead atoms. The van der Waals surface area contributed by atoms with E-state index in [-0.39, 0.29) is 18.2 Å². The van der Waals surface area contributed by atoms with E-state index in [1.165, 1.54) is 0 Å². The summed E-state index contributed by atoms with van der Waals surface area (Å²) >= 11 is 0. The van der Waals surface area contributed by atoms with E-state index in [0.717, 1.165) is 50.5 Å². The average Bonchev–Trinajstić information content (AvgIpc) is 3.03. The molecule has 242 valence electrons. The molecule has 0 aliphatic carbocycles. The average molecular weight is 606 g/mol. The van der Waals surface area contributed by atoms with Gasteiger partial charge in [0, 0.05) is 31.8 Å². The summed E-state index contributed by atoms with van der Waals surface area (Å²) in [7, 11) is 0. The highest BCUT2D eigenvalue weighted by Gasteiger charge is 2.18. The molecule has 2 amide bonds. The lowest BCUT2D eigenvalue weighted by Gasteiger charge is -2.14. The third kappa shape index (κ3) is 25.7. The van der Waals surface area contributed by atoms with Crippen LogP contribution >= 0.6 is 0 Å². The van der Waals surface area contributed by atoms with Crippen molar-refractivity contribution in [1.82, 2.24) is 15.6 Å². The molecule has 0 spiro atoms. The van der Waals surface area contributed by atoms with E-state index < -0.39 is 12.0 Å². The molecule has 0 aliphatic rings. The summed E-state index contributed by atoms with van der Waals surface area (Å²) in [6.07, 6.45) is 37.1. The van der Waals surface area contributed by atoms with Gasteiger partial charge in [-0.2, -0.15) is 0 Å². The van der Waals surface area contributed by atoms with E-state index in [1.807, 2.05) is 19.9 Å². The van der Waals surface area contributed by atoms with Crippen LogP contribution < -0.4 is 10.6 Å². The molecule has 1 unspecified atom stereocenters. The number of unbranched alkanes of at least 4 members (excludes halogenated alkanes) is 2. The van der Waals surface area contributed by atoms with Crippen LogP contribution in [0.25, 0.3) is 6.08 Å². The molecule has 1 aromatic rings. The van der Waals surface area contributed by atoms with Crippen molar-refractivity contribution in [1.29, 1.82) is 0 Å². The second-order valence-corrected chi connectivity index (χ2v) is 9.80. The number of aliphatic carboxylic acids is 1. The maximum Gasteiger partial charge on any atom is 0.326 e. The number of aromatic nitrogens is 1. The number of allylic oxidation sites excluding steroid dienone is 10. The lowest BCUT2D eigenvalue weighted by atomic mass is 10.1. The van der Waals surface area contributed by atoms with Gasteiger partial charge in [0.2, 0.25) is 11.8 Å². The van der Waals surface area contributed by atoms with Gasteiger partial charge in [-0.3, -0.25) is 14.6 Å². The number of carboxylic acids is 1. The van der Waals surface area contributed by atoms with Crippen molar-refractivity contribution in [3.05, 3.63) is 96.9 Å². The van der Waals surface area contributed by atoms with Gasteiger partial charge in [0.1, 0.15) is 6.04 Å². The van der Waals surface area contributed by atoms with Gasteiger partial charge in [0.05, 0.1) is 0 Å². The highest BCUT2D eigenvalue weighted by atomic mass is 16.4. The van der Waals surface area contributed by atoms with Crippen LogP contribution in [0.15, 0.2) is 91.4 Å². The summed E-state index contributed by atoms with van der Waals surface area (Å²) in [5, 5.41) is 14.9. The lowest BCUT2D eigenvalue weighted by molar-refractivity contribution is -0.142. The largest absolute Gasteiger partial charge is 0.480 e. The second-order valence-electron chi connectivity index (χ2n) is 9.80. The number of carboxylic acid groups (broad SMARTS) is 1. The summed E-state index contributed by atoms with van der Waals surface area (Å²) in [5.41, 5.74) is 0.872. The molecule has 1 heterocycles. The van der Waals surface area contributed by atoms with Crippen LogP contribution in [0.5, 0.6) is 0 Å². The van der Waals surface area contributed by atoms with Crippen LogP contribution in [0.2, 0.25) is 0 Å². The minimum absolute atomic E-state index is 0.00541. The topological polar surface area (TPSA) is 108 Å². The quantitative estimate of drug-likeness (QED) is 0.0859. The van der Waals surface area contributed by atoms with Crippen LogP contribution in [0, 0.1) is 0 Å². The predicted molar refractivity (Wildman–Crippen MR) is 184 cm³/mol. The van der Waals surface area contributed by atoms with E-state index >= 15 is 0 Å². The Kier molecular flexibility index (Phi) is 27.7. The first-order chi connectivity index (χ1) is 21.5. The Morgan fingerprint density at radius 2 is 1.43 bits per heavy atom. The van der Waals surface area contributed by atoms with Gasteiger partial charge in [-0.1, -0.05) is 99.7 Å². The van der Waals surface area contributed by atoms with Crippen molar-refractivity contribution in [2.75, 3.05) is 6.54 Å². The molecule has 0 aromatic carbocycles. The molecule has 0 saturated carbocycles. The fourth-order valence-electron chi connectivity index (χ4n) is 3.83. The fourth-order valence-corrected chi connectivity index (χ4v) is 3.83. The van der Waals surface area contributed by atoms with Crippen LogP contribution in [0.3, 0.4) is 0 Å². The highest BCUT2D eigenvalue weighted by molar-refractivity contribution is 5.84. The molecule has 0 saturated heterocycles. The maximum atomic E-state index is 12.1. The van der Waals surface area contributed by atoms with Crippen molar-refractivity contribution >= 4 is 23.9 Å². The summed E-state index contributed by atoms with van der Waals surface area (Å²) < 4.78 is 0. The van der Waals surface area contributed by atoms with Crippen molar-refractivity contribution in [2.24, 2.45) is 0 Å². The molecule has 1 atom stereocenters. The monoisotopic (exact) mass is 605 g/mol. The summed E-state index contributed by atoms with van der Waals surface area (Å²) in [6, 6.07) is 2.73. The number of hydrogen-bond acceptors (Lipinski definition) is 4. The van der Waals surface area contributed by atoms with E-state index in [1.54, 1.807) is 30.6 Å². The van der Waals surface area contributed by atoms with Gasteiger partial charge >= 0.3 is 5.97 Å². The molecular formula is C37H55N3O4. The van der Waals surface area contributed by atoms with Crippen LogP contribution in [0.4, 0.5) is 0 Å². The van der Waals surface area contributed by atoms with E-state index in [9.17, 15) is 19.5 Å². The Labute approximate surface area is 266 Å². The number of hydrogen-bond donors (Lipinski definition) is 3. The molecule has 44 heavy (non-hydrogen) atoms. The Morgan fingerprint density at radius 3 is 2.00 bits per heavy atom. The van der Waals surface area contributed by atoms with Gasteiger partial charge < -0.3 is 15.7 Å². The fraction of sp³-hybridized carbons (Fsp3) is 0.459. The van der Waals surface area contributed by atoms with Crippen molar-refractivity contribution < 1.29 is 19.5 Å². The van der Waals surface area contributed by atoms with Crippen molar-refractivity contribution in [3.8, 4) is 0 Å². The first-order valence-corrected chi connectivity index (χ1v) is 16.1. The van der Waals surface area contributed by atoms with Crippen LogP contribution in [0.1, 0.15) is 103 Å². The molecule has 3 N–H and O–H groups in total. The number of amides is 2. The van der Waals surface area contributed by atoms with Crippen LogP contribution in [-0.4, -0.2) is 40.5 Å². The number of carbonyl (C=O) groups excluding carboxylic acids is 2. The molecule has 0 fully saturated rings. The van der Waals surface area contributed by atoms with E-state index in [2.05, 4.69) is 83.3 Å². The normalized spacial score (nSPS) is 12.4. The van der Waals surface area contributed by atoms with E-state index in [0.29, 0.717) is 32.2 Å². The second kappa shape index (κ2) is 30.5. The predicted octanol–water partition coefficient (Wildman–Crippen LogP) is 8.29. The first kappa shape index (κ1) is 40.0. The SMILES string of the molecule is CC.CC/C=C\C/C=C\C/C=C\C/C=C\C/C=C\CCCC(=O)NCCCCC(NC(=O)C/C=C/c1cccnc1)C(=O)O. The maximum absolute atomic E-state index is 12.1. The van der Waals surface area contributed by atoms with Gasteiger partial charge in [-0.25, -0.2) is 4.79 Å². The number of nitrogens with one attached hydrogen (secondary N) is 2. The number of pyridine rings is 1. The number of rotatable bonds is 23. The smallest absolute Gasteiger partial charge is 0.326 e. The van der Waals surface area contributed by atoms with E-state index in [4.69, 9.17) is 0 Å². The summed E-state index contributed by atoms with van der Waals surface area (Å²) in [5.74, 6) is -1.40. The first-order valence-electron chi connectivity index (χ1n) is 16.1. The molecular weight excluding hydrogens is 550 g/mol. The summed E-state index contributed by atoms with van der Waals surface area (Å²) in [4.78, 5) is 39.7. The van der Waals surface area contributed by atoms with Gasteiger partial charge in [-0.15, -0.1) is 0 Å². The Balaban J connectivity index is 0.00000904. The minimum atomic E-state index is -1.06. The standard InChI is InChI=1S/C35H49N3O4.C2H6/c1-2-3-4-5-6-7-8-9-10-11-12-13-14-15-16-17-18-26-33(39)37-29-20-19-25-32(35(41)42)38-34(40)27-21-23-31-24-22-28-36-30-31;1-2/h3-4,6-7,9-10,12-13,15-16,21-24,28,30,32H,2,5,8,11,14,17-20,25-27,29H2,1H3,(H,37,39)(H,38,40)(H,41,42);1-2H3/b4-3-,7-6-,10-9-,13-12-,16-15-,23-21+;. The van der Waals surface area contributed by atoms with Gasteiger partial charge in [-0.05, 0) is 75.8 Å². The highest BCUT2D eigenvalue weighted by Crippen LogP contribution is 2.04. The van der Waals surface area contributed by atoms with Crippen LogP contribution in [-0.2, 0) is 14.4 Å². The number of nitrogens with zero attached hydrogens (tertiary/aromatic N) is 1. The zero-order chi connectivity index (χ0) is 32.5. The van der Waals surface area contributed by atoms with Crippen molar-refractivity contribution in [2.45, 2.75) is 104 Å². The molecule has 0 radical (unpaired) electrons. The third-order valence-electron chi connectivity index (χ3n) is 6.11. The zero-order valence-corrected chi connectivity index (χ0v) is 27.1. The van der Waals surface area contributed by atoms with Gasteiger partial charge in [0.25, 0.3) is 0 Å². The Bertz CT molecular complexity index is 1060. The van der Waals surface area contributed by atoms with Crippen molar-refractivity contribution in [3.63, 3.8) is 0 Å². The third-order valence-corrected chi connectivity index (χ3v) is 6.11. The lowest BCUT2D eigenvalue weighted by Crippen LogP contribution is -2.40. The Hall–Kier alpha value is -4.00. The molecule has 1 aromatic heterocycles.